The second-order valence-electron chi connectivity index (χ2n) is 5.25. The molecule has 0 aromatic carbocycles. The summed E-state index contributed by atoms with van der Waals surface area (Å²) in [5, 5.41) is 2.88. The molecule has 18 heavy (non-hydrogen) atoms. The molecule has 0 radical (unpaired) electrons. The Balaban J connectivity index is 3.56. The van der Waals surface area contributed by atoms with Crippen LogP contribution in [0.3, 0.4) is 0 Å². The van der Waals surface area contributed by atoms with Gasteiger partial charge in [0.25, 0.3) is 0 Å². The number of carbonyl (C=O) groups is 1. The van der Waals surface area contributed by atoms with Crippen molar-refractivity contribution in [1.29, 1.82) is 0 Å². The van der Waals surface area contributed by atoms with Crippen LogP contribution in [0.4, 0.5) is 0 Å². The van der Waals surface area contributed by atoms with E-state index in [-0.39, 0.29) is 5.91 Å². The summed E-state index contributed by atoms with van der Waals surface area (Å²) < 4.78 is 5.38. The van der Waals surface area contributed by atoms with Crippen molar-refractivity contribution in [3.63, 3.8) is 0 Å². The molecule has 3 N–H and O–H groups in total. The number of nitrogens with one attached hydrogen (secondary N) is 1. The summed E-state index contributed by atoms with van der Waals surface area (Å²) in [7, 11) is 0. The Morgan fingerprint density at radius 1 is 1.33 bits per heavy atom. The van der Waals surface area contributed by atoms with Gasteiger partial charge in [0.05, 0.1) is 6.61 Å². The van der Waals surface area contributed by atoms with Gasteiger partial charge in [0.1, 0.15) is 0 Å². The molecule has 0 saturated heterocycles. The van der Waals surface area contributed by atoms with Crippen LogP contribution in [0.2, 0.25) is 0 Å². The molecule has 1 atom stereocenters. The standard InChI is InChI=1S/C14H30N2O2/c1-4-5-7-18-8-6-16-14(17)10-13(11-15)9-12(2)3/h12-13H,4-11,15H2,1-3H3,(H,16,17). The second-order valence-corrected chi connectivity index (χ2v) is 5.25. The molecule has 0 rings (SSSR count). The molecule has 0 aliphatic carbocycles. The van der Waals surface area contributed by atoms with E-state index in [1.54, 1.807) is 0 Å². The lowest BCUT2D eigenvalue weighted by Gasteiger charge is -2.16. The van der Waals surface area contributed by atoms with Crippen LogP contribution in [0.5, 0.6) is 0 Å². The van der Waals surface area contributed by atoms with Gasteiger partial charge in [-0.3, -0.25) is 4.79 Å². The molecule has 0 aliphatic heterocycles. The van der Waals surface area contributed by atoms with Gasteiger partial charge in [-0.15, -0.1) is 0 Å². The molecule has 0 fully saturated rings. The van der Waals surface area contributed by atoms with Crippen molar-refractivity contribution in [1.82, 2.24) is 5.32 Å². The number of hydrogen-bond donors (Lipinski definition) is 2. The Labute approximate surface area is 112 Å². The minimum atomic E-state index is 0.0881. The summed E-state index contributed by atoms with van der Waals surface area (Å²) in [6, 6.07) is 0. The predicted molar refractivity (Wildman–Crippen MR) is 75.4 cm³/mol. The first kappa shape index (κ1) is 17.4. The van der Waals surface area contributed by atoms with Gasteiger partial charge in [-0.1, -0.05) is 27.2 Å². The second kappa shape index (κ2) is 11.5. The number of unbranched alkanes of at least 4 members (excludes halogenated alkanes) is 1. The fourth-order valence-electron chi connectivity index (χ4n) is 1.87. The molecular weight excluding hydrogens is 228 g/mol. The van der Waals surface area contributed by atoms with E-state index < -0.39 is 0 Å². The maximum atomic E-state index is 11.7. The van der Waals surface area contributed by atoms with Gasteiger partial charge in [-0.05, 0) is 31.2 Å². The minimum Gasteiger partial charge on any atom is -0.380 e. The summed E-state index contributed by atoms with van der Waals surface area (Å²) in [6.45, 7) is 9.01. The van der Waals surface area contributed by atoms with E-state index in [0.29, 0.717) is 38.0 Å². The molecule has 4 heteroatoms. The first-order valence-electron chi connectivity index (χ1n) is 7.14. The van der Waals surface area contributed by atoms with Gasteiger partial charge in [0, 0.05) is 19.6 Å². The summed E-state index contributed by atoms with van der Waals surface area (Å²) in [4.78, 5) is 11.7. The first-order valence-corrected chi connectivity index (χ1v) is 7.14. The molecule has 0 heterocycles. The summed E-state index contributed by atoms with van der Waals surface area (Å²) in [5.41, 5.74) is 5.67. The van der Waals surface area contributed by atoms with E-state index in [9.17, 15) is 4.79 Å². The van der Waals surface area contributed by atoms with Crippen molar-refractivity contribution >= 4 is 5.91 Å². The van der Waals surface area contributed by atoms with Crippen LogP contribution in [-0.2, 0) is 9.53 Å². The molecule has 0 aromatic heterocycles. The Morgan fingerprint density at radius 3 is 2.61 bits per heavy atom. The van der Waals surface area contributed by atoms with Crippen molar-refractivity contribution in [3.05, 3.63) is 0 Å². The smallest absolute Gasteiger partial charge is 0.220 e. The topological polar surface area (TPSA) is 64.3 Å². The van der Waals surface area contributed by atoms with Crippen LogP contribution < -0.4 is 11.1 Å². The fourth-order valence-corrected chi connectivity index (χ4v) is 1.87. The number of nitrogens with two attached hydrogens (primary N) is 1. The summed E-state index contributed by atoms with van der Waals surface area (Å²) >= 11 is 0. The molecule has 108 valence electrons. The number of hydrogen-bond acceptors (Lipinski definition) is 3. The molecule has 0 bridgehead atoms. The lowest BCUT2D eigenvalue weighted by molar-refractivity contribution is -0.122. The van der Waals surface area contributed by atoms with Crippen LogP contribution in [0.15, 0.2) is 0 Å². The normalized spacial score (nSPS) is 12.7. The average Bonchev–Trinajstić information content (AvgIpc) is 2.32. The zero-order valence-corrected chi connectivity index (χ0v) is 12.2. The number of ether oxygens (including phenoxy) is 1. The highest BCUT2D eigenvalue weighted by atomic mass is 16.5. The van der Waals surface area contributed by atoms with Crippen molar-refractivity contribution in [2.75, 3.05) is 26.3 Å². The Morgan fingerprint density at radius 2 is 2.06 bits per heavy atom. The van der Waals surface area contributed by atoms with Crippen LogP contribution in [0.25, 0.3) is 0 Å². The van der Waals surface area contributed by atoms with Gasteiger partial charge in [0.2, 0.25) is 5.91 Å². The zero-order chi connectivity index (χ0) is 13.8. The summed E-state index contributed by atoms with van der Waals surface area (Å²) in [6.07, 6.45) is 3.76. The molecule has 4 nitrogen and oxygen atoms in total. The quantitative estimate of drug-likeness (QED) is 0.557. The molecular formula is C14H30N2O2. The molecule has 1 amide bonds. The molecule has 0 saturated carbocycles. The maximum Gasteiger partial charge on any atom is 0.220 e. The Kier molecular flexibility index (Phi) is 11.1. The first-order chi connectivity index (χ1) is 8.60. The third-order valence-corrected chi connectivity index (χ3v) is 2.82. The highest BCUT2D eigenvalue weighted by Gasteiger charge is 2.13. The molecule has 1 unspecified atom stereocenters. The van der Waals surface area contributed by atoms with Crippen molar-refractivity contribution < 1.29 is 9.53 Å². The van der Waals surface area contributed by atoms with E-state index >= 15 is 0 Å². The monoisotopic (exact) mass is 258 g/mol. The Hall–Kier alpha value is -0.610. The van der Waals surface area contributed by atoms with Gasteiger partial charge in [-0.25, -0.2) is 0 Å². The minimum absolute atomic E-state index is 0.0881. The van der Waals surface area contributed by atoms with Crippen LogP contribution in [0, 0.1) is 11.8 Å². The largest absolute Gasteiger partial charge is 0.380 e. The zero-order valence-electron chi connectivity index (χ0n) is 12.2. The summed E-state index contributed by atoms with van der Waals surface area (Å²) in [5.74, 6) is 0.972. The van der Waals surface area contributed by atoms with E-state index in [2.05, 4.69) is 26.1 Å². The molecule has 0 aliphatic rings. The van der Waals surface area contributed by atoms with Crippen LogP contribution in [0.1, 0.15) is 46.5 Å². The lowest BCUT2D eigenvalue weighted by Crippen LogP contribution is -2.31. The van der Waals surface area contributed by atoms with E-state index in [4.69, 9.17) is 10.5 Å². The number of carbonyl (C=O) groups excluding carboxylic acids is 1. The van der Waals surface area contributed by atoms with Gasteiger partial charge in [0.15, 0.2) is 0 Å². The van der Waals surface area contributed by atoms with E-state index in [1.165, 1.54) is 0 Å². The van der Waals surface area contributed by atoms with Gasteiger partial charge in [-0.2, -0.15) is 0 Å². The van der Waals surface area contributed by atoms with Crippen LogP contribution >= 0.6 is 0 Å². The van der Waals surface area contributed by atoms with Gasteiger partial charge >= 0.3 is 0 Å². The van der Waals surface area contributed by atoms with Gasteiger partial charge < -0.3 is 15.8 Å². The van der Waals surface area contributed by atoms with E-state index in [1.807, 2.05) is 0 Å². The van der Waals surface area contributed by atoms with E-state index in [0.717, 1.165) is 25.9 Å². The predicted octanol–water partition coefficient (Wildman–Crippen LogP) is 1.93. The Bertz CT molecular complexity index is 208. The van der Waals surface area contributed by atoms with Crippen molar-refractivity contribution in [3.8, 4) is 0 Å². The fraction of sp³-hybridized carbons (Fsp3) is 0.929. The third-order valence-electron chi connectivity index (χ3n) is 2.82. The van der Waals surface area contributed by atoms with Crippen molar-refractivity contribution in [2.45, 2.75) is 46.5 Å². The SMILES string of the molecule is CCCCOCCNC(=O)CC(CN)CC(C)C. The molecule has 0 spiro atoms. The number of amides is 1. The van der Waals surface area contributed by atoms with Crippen molar-refractivity contribution in [2.24, 2.45) is 17.6 Å². The molecule has 0 aromatic rings. The number of rotatable bonds is 11. The third kappa shape index (κ3) is 10.5. The van der Waals surface area contributed by atoms with Crippen LogP contribution in [-0.4, -0.2) is 32.2 Å². The average molecular weight is 258 g/mol. The maximum absolute atomic E-state index is 11.7. The highest BCUT2D eigenvalue weighted by Crippen LogP contribution is 2.13. The highest BCUT2D eigenvalue weighted by molar-refractivity contribution is 5.76. The lowest BCUT2D eigenvalue weighted by atomic mass is 9.94.